The highest BCUT2D eigenvalue weighted by molar-refractivity contribution is 7.91. The van der Waals surface area contributed by atoms with Crippen LogP contribution >= 0.6 is 0 Å². The highest BCUT2D eigenvalue weighted by Crippen LogP contribution is 2.48. The molecule has 0 amide bonds. The number of aromatic nitrogens is 5. The van der Waals surface area contributed by atoms with Crippen LogP contribution in [0.3, 0.4) is 0 Å². The van der Waals surface area contributed by atoms with Gasteiger partial charge in [-0.25, -0.2) is 23.4 Å². The molecular weight excluding hydrogens is 543 g/mol. The molecule has 0 radical (unpaired) electrons. The molecule has 0 unspecified atom stereocenters. The van der Waals surface area contributed by atoms with E-state index in [9.17, 15) is 35.6 Å². The Morgan fingerprint density at radius 1 is 1.03 bits per heavy atom. The number of rotatable bonds is 6. The average Bonchev–Trinajstić information content (AvgIpc) is 3.52. The quantitative estimate of drug-likeness (QED) is 0.304. The SMILES string of the molecule is CCS(=O)(=O)c1c(-c2nc3cc(C(F)(F)C(F)(F)F)cnc3n2C)nc(-c2ccc(C3(C#N)CC3)cc2)n1C. The molecule has 8 nitrogen and oxygen atoms in total. The van der Waals surface area contributed by atoms with E-state index >= 15 is 0 Å². The van der Waals surface area contributed by atoms with Crippen LogP contribution in [0.15, 0.2) is 41.6 Å². The molecule has 4 aromatic rings. The van der Waals surface area contributed by atoms with Gasteiger partial charge in [0.2, 0.25) is 0 Å². The third kappa shape index (κ3) is 4.07. The Labute approximate surface area is 219 Å². The molecule has 5 rings (SSSR count). The van der Waals surface area contributed by atoms with Crippen LogP contribution < -0.4 is 0 Å². The second kappa shape index (κ2) is 8.57. The molecule has 0 bridgehead atoms. The molecule has 14 heteroatoms. The van der Waals surface area contributed by atoms with Gasteiger partial charge in [-0.05, 0) is 24.5 Å². The molecule has 1 fully saturated rings. The van der Waals surface area contributed by atoms with Gasteiger partial charge in [0.15, 0.2) is 26.3 Å². The van der Waals surface area contributed by atoms with E-state index < -0.39 is 32.9 Å². The van der Waals surface area contributed by atoms with Crippen LogP contribution in [0.2, 0.25) is 0 Å². The lowest BCUT2D eigenvalue weighted by atomic mass is 9.96. The fourth-order valence-electron chi connectivity index (χ4n) is 4.53. The summed E-state index contributed by atoms with van der Waals surface area (Å²) >= 11 is 0. The number of nitriles is 1. The van der Waals surface area contributed by atoms with Gasteiger partial charge in [-0.2, -0.15) is 27.2 Å². The number of hydrogen-bond donors (Lipinski definition) is 0. The normalized spacial score (nSPS) is 15.5. The van der Waals surface area contributed by atoms with Crippen molar-refractivity contribution in [2.45, 2.75) is 42.3 Å². The fourth-order valence-corrected chi connectivity index (χ4v) is 5.74. The first-order chi connectivity index (χ1) is 18.2. The summed E-state index contributed by atoms with van der Waals surface area (Å²) in [5, 5.41) is 9.27. The summed E-state index contributed by atoms with van der Waals surface area (Å²) in [5.41, 5.74) is -0.912. The third-order valence-corrected chi connectivity index (χ3v) is 8.83. The number of aryl methyl sites for hydroxylation is 1. The zero-order valence-electron chi connectivity index (χ0n) is 20.9. The monoisotopic (exact) mass is 564 g/mol. The first-order valence-electron chi connectivity index (χ1n) is 11.8. The molecule has 0 N–H and O–H groups in total. The lowest BCUT2D eigenvalue weighted by molar-refractivity contribution is -0.289. The predicted octanol–water partition coefficient (Wildman–Crippen LogP) is 5.04. The summed E-state index contributed by atoms with van der Waals surface area (Å²) in [5.74, 6) is -5.25. The maximum absolute atomic E-state index is 13.9. The maximum atomic E-state index is 13.9. The van der Waals surface area contributed by atoms with Gasteiger partial charge < -0.3 is 9.13 Å². The Bertz CT molecular complexity index is 1760. The smallest absolute Gasteiger partial charge is 0.318 e. The van der Waals surface area contributed by atoms with Crippen molar-refractivity contribution in [3.63, 3.8) is 0 Å². The van der Waals surface area contributed by atoms with Crippen LogP contribution in [0, 0.1) is 11.3 Å². The van der Waals surface area contributed by atoms with Gasteiger partial charge in [-0.3, -0.25) is 0 Å². The fraction of sp³-hybridized carbons (Fsp3) is 0.360. The lowest BCUT2D eigenvalue weighted by Crippen LogP contribution is -2.33. The Morgan fingerprint density at radius 2 is 1.67 bits per heavy atom. The summed E-state index contributed by atoms with van der Waals surface area (Å²) in [4.78, 5) is 12.5. The summed E-state index contributed by atoms with van der Waals surface area (Å²) < 4.78 is 95.6. The summed E-state index contributed by atoms with van der Waals surface area (Å²) in [6.45, 7) is 1.44. The standard InChI is InChI=1S/C25H21F5N6O2S/c1-4-39(37,38)22-18(34-19(36(22)3)14-5-7-15(8-6-14)23(13-31)9-10-23)21-33-17-11-16(12-32-20(17)35(21)2)24(26,27)25(28,29)30/h5-8,11-12H,4,9-10H2,1-3H3. The molecule has 1 saturated carbocycles. The number of nitrogens with zero attached hydrogens (tertiary/aromatic N) is 6. The van der Waals surface area contributed by atoms with Gasteiger partial charge >= 0.3 is 12.1 Å². The van der Waals surface area contributed by atoms with Crippen LogP contribution in [-0.4, -0.2) is 44.4 Å². The molecule has 1 aliphatic carbocycles. The van der Waals surface area contributed by atoms with Crippen molar-refractivity contribution in [1.29, 1.82) is 5.26 Å². The van der Waals surface area contributed by atoms with Crippen LogP contribution in [0.4, 0.5) is 22.0 Å². The van der Waals surface area contributed by atoms with E-state index in [4.69, 9.17) is 0 Å². The van der Waals surface area contributed by atoms with Crippen LogP contribution in [-0.2, 0) is 35.3 Å². The van der Waals surface area contributed by atoms with Crippen molar-refractivity contribution in [3.05, 3.63) is 47.7 Å². The molecule has 1 aromatic carbocycles. The first-order valence-corrected chi connectivity index (χ1v) is 13.4. The highest BCUT2D eigenvalue weighted by Gasteiger charge is 2.59. The number of imidazole rings is 2. The van der Waals surface area contributed by atoms with Crippen molar-refractivity contribution in [2.75, 3.05) is 5.75 Å². The Kier molecular flexibility index (Phi) is 5.88. The Balaban J connectivity index is 1.68. The van der Waals surface area contributed by atoms with E-state index in [0.717, 1.165) is 18.4 Å². The van der Waals surface area contributed by atoms with Crippen molar-refractivity contribution in [2.24, 2.45) is 14.1 Å². The number of pyridine rings is 1. The van der Waals surface area contributed by atoms with E-state index in [1.807, 2.05) is 0 Å². The second-order valence-electron chi connectivity index (χ2n) is 9.46. The van der Waals surface area contributed by atoms with E-state index in [2.05, 4.69) is 21.0 Å². The van der Waals surface area contributed by atoms with Crippen LogP contribution in [0.5, 0.6) is 0 Å². The zero-order chi connectivity index (χ0) is 28.5. The molecular formula is C25H21F5N6O2S. The number of benzene rings is 1. The number of halogens is 5. The minimum absolute atomic E-state index is 0.0330. The van der Waals surface area contributed by atoms with Gasteiger partial charge in [-0.15, -0.1) is 0 Å². The lowest BCUT2D eigenvalue weighted by Gasteiger charge is -2.19. The molecule has 1 aliphatic rings. The molecule has 3 aromatic heterocycles. The average molecular weight is 565 g/mol. The van der Waals surface area contributed by atoms with Crippen molar-refractivity contribution in [1.82, 2.24) is 24.1 Å². The molecule has 204 valence electrons. The topological polar surface area (TPSA) is 106 Å². The largest absolute Gasteiger partial charge is 0.458 e. The van der Waals surface area contributed by atoms with Gasteiger partial charge in [-0.1, -0.05) is 31.2 Å². The minimum Gasteiger partial charge on any atom is -0.318 e. The second-order valence-corrected chi connectivity index (χ2v) is 11.6. The molecule has 0 atom stereocenters. The van der Waals surface area contributed by atoms with E-state index in [0.29, 0.717) is 17.8 Å². The molecule has 39 heavy (non-hydrogen) atoms. The van der Waals surface area contributed by atoms with E-state index in [1.165, 1.54) is 30.2 Å². The maximum Gasteiger partial charge on any atom is 0.458 e. The van der Waals surface area contributed by atoms with Gasteiger partial charge in [0.05, 0.1) is 22.8 Å². The number of fused-ring (bicyclic) bond motifs is 1. The third-order valence-electron chi connectivity index (χ3n) is 7.02. The minimum atomic E-state index is -5.83. The van der Waals surface area contributed by atoms with Gasteiger partial charge in [0.25, 0.3) is 0 Å². The Hall–Kier alpha value is -3.86. The van der Waals surface area contributed by atoms with Crippen molar-refractivity contribution >= 4 is 21.0 Å². The van der Waals surface area contributed by atoms with E-state index in [-0.39, 0.29) is 39.3 Å². The van der Waals surface area contributed by atoms with Crippen LogP contribution in [0.1, 0.15) is 30.9 Å². The molecule has 0 saturated heterocycles. The molecule has 3 heterocycles. The van der Waals surface area contributed by atoms with E-state index in [1.54, 1.807) is 24.3 Å². The number of hydrogen-bond acceptors (Lipinski definition) is 6. The molecule has 0 spiro atoms. The van der Waals surface area contributed by atoms with Crippen molar-refractivity contribution in [3.8, 4) is 29.0 Å². The highest BCUT2D eigenvalue weighted by atomic mass is 32.2. The predicted molar refractivity (Wildman–Crippen MR) is 130 cm³/mol. The van der Waals surface area contributed by atoms with Crippen LogP contribution in [0.25, 0.3) is 34.1 Å². The molecule has 0 aliphatic heterocycles. The van der Waals surface area contributed by atoms with Crippen molar-refractivity contribution < 1.29 is 30.4 Å². The summed E-state index contributed by atoms with van der Waals surface area (Å²) in [7, 11) is -0.975. The summed E-state index contributed by atoms with van der Waals surface area (Å²) in [6, 6.07) is 9.92. The number of alkyl halides is 5. The summed E-state index contributed by atoms with van der Waals surface area (Å²) in [6.07, 6.45) is -3.90. The number of sulfone groups is 1. The zero-order valence-corrected chi connectivity index (χ0v) is 21.7. The first kappa shape index (κ1) is 26.7. The Morgan fingerprint density at radius 3 is 2.21 bits per heavy atom. The van der Waals surface area contributed by atoms with Gasteiger partial charge in [0, 0.05) is 25.9 Å². The van der Waals surface area contributed by atoms with Gasteiger partial charge in [0.1, 0.15) is 17.0 Å².